The molecule has 26 heavy (non-hydrogen) atoms. The van der Waals surface area contributed by atoms with Crippen LogP contribution in [0, 0.1) is 12.8 Å². The highest BCUT2D eigenvalue weighted by Gasteiger charge is 2.43. The van der Waals surface area contributed by atoms with E-state index in [9.17, 15) is 0 Å². The SMILES string of the molecule is Cc1ccc(C2=NN3C(C2)c2ccccc2OC3C2CCCCC2)cc1. The van der Waals surface area contributed by atoms with Crippen LogP contribution in [0.3, 0.4) is 0 Å². The number of hydrogen-bond acceptors (Lipinski definition) is 3. The molecule has 1 saturated carbocycles. The van der Waals surface area contributed by atoms with Gasteiger partial charge in [0, 0.05) is 17.9 Å². The van der Waals surface area contributed by atoms with Crippen LogP contribution in [0.5, 0.6) is 5.75 Å². The number of fused-ring (bicyclic) bond motifs is 3. The zero-order chi connectivity index (χ0) is 17.5. The molecule has 1 fully saturated rings. The van der Waals surface area contributed by atoms with Gasteiger partial charge < -0.3 is 4.74 Å². The predicted molar refractivity (Wildman–Crippen MR) is 104 cm³/mol. The molecular formula is C23H26N2O. The molecule has 0 saturated heterocycles. The minimum absolute atomic E-state index is 0.0816. The number of benzene rings is 2. The summed E-state index contributed by atoms with van der Waals surface area (Å²) in [6.45, 7) is 2.13. The van der Waals surface area contributed by atoms with Gasteiger partial charge in [0.2, 0.25) is 0 Å². The maximum Gasteiger partial charge on any atom is 0.190 e. The minimum Gasteiger partial charge on any atom is -0.468 e. The van der Waals surface area contributed by atoms with Crippen LogP contribution in [-0.4, -0.2) is 16.9 Å². The van der Waals surface area contributed by atoms with Crippen molar-refractivity contribution in [3.8, 4) is 5.75 Å². The Hall–Kier alpha value is -2.29. The lowest BCUT2D eigenvalue weighted by Crippen LogP contribution is -2.45. The monoisotopic (exact) mass is 346 g/mol. The first-order valence-corrected chi connectivity index (χ1v) is 9.98. The molecule has 2 aromatic rings. The van der Waals surface area contributed by atoms with Crippen LogP contribution in [0.25, 0.3) is 0 Å². The summed E-state index contributed by atoms with van der Waals surface area (Å²) in [7, 11) is 0. The van der Waals surface area contributed by atoms with Crippen molar-refractivity contribution in [2.75, 3.05) is 0 Å². The molecule has 2 aromatic carbocycles. The summed E-state index contributed by atoms with van der Waals surface area (Å²) >= 11 is 0. The molecule has 2 unspecified atom stereocenters. The summed E-state index contributed by atoms with van der Waals surface area (Å²) in [6.07, 6.45) is 7.56. The average molecular weight is 346 g/mol. The Bertz CT molecular complexity index is 820. The first kappa shape index (κ1) is 15.9. The van der Waals surface area contributed by atoms with Gasteiger partial charge >= 0.3 is 0 Å². The quantitative estimate of drug-likeness (QED) is 0.723. The van der Waals surface area contributed by atoms with E-state index < -0.39 is 0 Å². The molecule has 1 aliphatic carbocycles. The molecule has 0 N–H and O–H groups in total. The van der Waals surface area contributed by atoms with Gasteiger partial charge in [-0.3, -0.25) is 0 Å². The Morgan fingerprint density at radius 2 is 1.73 bits per heavy atom. The van der Waals surface area contributed by atoms with Crippen molar-refractivity contribution in [3.63, 3.8) is 0 Å². The number of para-hydroxylation sites is 1. The Balaban J connectivity index is 1.52. The van der Waals surface area contributed by atoms with E-state index in [1.165, 1.54) is 54.5 Å². The lowest BCUT2D eigenvalue weighted by atomic mass is 9.86. The number of ether oxygens (including phenoxy) is 1. The third-order valence-electron chi connectivity index (χ3n) is 6.17. The summed E-state index contributed by atoms with van der Waals surface area (Å²) in [5.74, 6) is 1.64. The fraction of sp³-hybridized carbons (Fsp3) is 0.435. The van der Waals surface area contributed by atoms with E-state index in [2.05, 4.69) is 60.5 Å². The van der Waals surface area contributed by atoms with Crippen LogP contribution in [0.1, 0.15) is 61.3 Å². The Morgan fingerprint density at radius 1 is 0.962 bits per heavy atom. The molecule has 0 radical (unpaired) electrons. The Kier molecular flexibility index (Phi) is 3.96. The number of hydrazone groups is 1. The van der Waals surface area contributed by atoms with Gasteiger partial charge in [-0.15, -0.1) is 0 Å². The second-order valence-electron chi connectivity index (χ2n) is 7.96. The summed E-state index contributed by atoms with van der Waals surface area (Å²) in [5.41, 5.74) is 5.00. The molecule has 0 amide bonds. The van der Waals surface area contributed by atoms with Gasteiger partial charge in [0.25, 0.3) is 0 Å². The van der Waals surface area contributed by atoms with E-state index in [0.717, 1.165) is 12.2 Å². The van der Waals surface area contributed by atoms with Crippen LogP contribution in [0.15, 0.2) is 53.6 Å². The van der Waals surface area contributed by atoms with Crippen LogP contribution in [0.2, 0.25) is 0 Å². The smallest absolute Gasteiger partial charge is 0.190 e. The molecule has 0 aromatic heterocycles. The highest BCUT2D eigenvalue weighted by atomic mass is 16.5. The molecule has 0 bridgehead atoms. The summed E-state index contributed by atoms with van der Waals surface area (Å²) in [4.78, 5) is 0. The number of nitrogens with zero attached hydrogens (tertiary/aromatic N) is 2. The zero-order valence-corrected chi connectivity index (χ0v) is 15.4. The fourth-order valence-electron chi connectivity index (χ4n) is 4.71. The number of hydrogen-bond donors (Lipinski definition) is 0. The lowest BCUT2D eigenvalue weighted by Gasteiger charge is -2.42. The molecule has 2 heterocycles. The second-order valence-corrected chi connectivity index (χ2v) is 7.96. The maximum absolute atomic E-state index is 6.51. The lowest BCUT2D eigenvalue weighted by molar-refractivity contribution is -0.0643. The van der Waals surface area contributed by atoms with Crippen LogP contribution >= 0.6 is 0 Å². The van der Waals surface area contributed by atoms with Crippen LogP contribution < -0.4 is 4.74 Å². The minimum atomic E-state index is 0.0816. The third-order valence-corrected chi connectivity index (χ3v) is 6.17. The maximum atomic E-state index is 6.51. The summed E-state index contributed by atoms with van der Waals surface area (Å²) < 4.78 is 6.51. The van der Waals surface area contributed by atoms with Crippen molar-refractivity contribution < 1.29 is 4.74 Å². The average Bonchev–Trinajstić information content (AvgIpc) is 3.14. The van der Waals surface area contributed by atoms with Gasteiger partial charge in [0.15, 0.2) is 6.23 Å². The third kappa shape index (κ3) is 2.70. The highest BCUT2D eigenvalue weighted by Crippen LogP contribution is 2.46. The van der Waals surface area contributed by atoms with Crippen molar-refractivity contribution >= 4 is 5.71 Å². The van der Waals surface area contributed by atoms with Crippen molar-refractivity contribution in [3.05, 3.63) is 65.2 Å². The van der Waals surface area contributed by atoms with E-state index in [0.29, 0.717) is 12.0 Å². The van der Waals surface area contributed by atoms with E-state index in [-0.39, 0.29) is 6.23 Å². The molecule has 134 valence electrons. The predicted octanol–water partition coefficient (Wildman–Crippen LogP) is 5.44. The van der Waals surface area contributed by atoms with E-state index >= 15 is 0 Å². The molecule has 0 spiro atoms. The van der Waals surface area contributed by atoms with Gasteiger partial charge in [0.05, 0.1) is 11.8 Å². The topological polar surface area (TPSA) is 24.8 Å². The zero-order valence-electron chi connectivity index (χ0n) is 15.4. The van der Waals surface area contributed by atoms with Gasteiger partial charge in [-0.25, -0.2) is 5.01 Å². The fourth-order valence-corrected chi connectivity index (χ4v) is 4.71. The number of aryl methyl sites for hydroxylation is 1. The molecule has 3 aliphatic rings. The van der Waals surface area contributed by atoms with Crippen LogP contribution in [0.4, 0.5) is 0 Å². The van der Waals surface area contributed by atoms with Gasteiger partial charge in [0.1, 0.15) is 5.75 Å². The van der Waals surface area contributed by atoms with Gasteiger partial charge in [-0.1, -0.05) is 67.3 Å². The molecule has 2 aliphatic heterocycles. The molecule has 3 heteroatoms. The van der Waals surface area contributed by atoms with Crippen molar-refractivity contribution in [2.24, 2.45) is 11.0 Å². The molecule has 2 atom stereocenters. The van der Waals surface area contributed by atoms with Crippen molar-refractivity contribution in [1.29, 1.82) is 0 Å². The standard InChI is InChI=1S/C23H26N2O/c1-16-11-13-17(14-12-16)20-15-21-19-9-5-6-10-22(19)26-23(25(21)24-20)18-7-3-2-4-8-18/h5-6,9-14,18,21,23H,2-4,7-8,15H2,1H3. The van der Waals surface area contributed by atoms with Gasteiger partial charge in [-0.2, -0.15) is 5.10 Å². The first-order chi connectivity index (χ1) is 12.8. The second kappa shape index (κ2) is 6.46. The molecule has 5 rings (SSSR count). The molecular weight excluding hydrogens is 320 g/mol. The summed E-state index contributed by atoms with van der Waals surface area (Å²) in [6, 6.07) is 17.6. The Morgan fingerprint density at radius 3 is 2.54 bits per heavy atom. The van der Waals surface area contributed by atoms with E-state index in [1.54, 1.807) is 0 Å². The molecule has 3 nitrogen and oxygen atoms in total. The van der Waals surface area contributed by atoms with Crippen LogP contribution in [-0.2, 0) is 0 Å². The van der Waals surface area contributed by atoms with Crippen molar-refractivity contribution in [1.82, 2.24) is 5.01 Å². The Labute approximate surface area is 155 Å². The highest BCUT2D eigenvalue weighted by molar-refractivity contribution is 6.02. The largest absolute Gasteiger partial charge is 0.468 e. The summed E-state index contributed by atoms with van der Waals surface area (Å²) in [5, 5.41) is 7.38. The first-order valence-electron chi connectivity index (χ1n) is 9.98. The van der Waals surface area contributed by atoms with E-state index in [4.69, 9.17) is 9.84 Å². The van der Waals surface area contributed by atoms with Crippen molar-refractivity contribution in [2.45, 2.75) is 57.7 Å². The number of rotatable bonds is 2. The van der Waals surface area contributed by atoms with Gasteiger partial charge in [-0.05, 0) is 31.4 Å². The normalized spacial score (nSPS) is 25.3. The van der Waals surface area contributed by atoms with E-state index in [1.807, 2.05) is 0 Å².